The molecule has 1 aromatic rings. The van der Waals surface area contributed by atoms with Crippen molar-refractivity contribution in [1.82, 2.24) is 10.2 Å². The topological polar surface area (TPSA) is 75.4 Å². The van der Waals surface area contributed by atoms with Gasteiger partial charge in [-0.05, 0) is 37.5 Å². The molecule has 3 N–H and O–H groups in total. The van der Waals surface area contributed by atoms with Crippen LogP contribution in [0.25, 0.3) is 0 Å². The Labute approximate surface area is 123 Å². The fourth-order valence-electron chi connectivity index (χ4n) is 2.42. The fourth-order valence-corrected chi connectivity index (χ4v) is 2.42. The number of likely N-dealkylation sites (tertiary alicyclic amines) is 1. The van der Waals surface area contributed by atoms with Gasteiger partial charge >= 0.3 is 0 Å². The van der Waals surface area contributed by atoms with Crippen LogP contribution in [0, 0.1) is 5.82 Å². The third kappa shape index (κ3) is 4.26. The maximum absolute atomic E-state index is 13.6. The van der Waals surface area contributed by atoms with Gasteiger partial charge in [-0.1, -0.05) is 0 Å². The first kappa shape index (κ1) is 15.4. The number of halogens is 1. The molecule has 1 aliphatic heterocycles. The van der Waals surface area contributed by atoms with Gasteiger partial charge < -0.3 is 16.0 Å². The van der Waals surface area contributed by atoms with Gasteiger partial charge in [0.15, 0.2) is 0 Å². The summed E-state index contributed by atoms with van der Waals surface area (Å²) >= 11 is 0. The SMILES string of the molecule is NC(=O)c1ccc(F)c(CNCC(=O)N2CCCCC2)c1. The summed E-state index contributed by atoms with van der Waals surface area (Å²) in [6.07, 6.45) is 3.25. The second-order valence-corrected chi connectivity index (χ2v) is 5.22. The number of rotatable bonds is 5. The van der Waals surface area contributed by atoms with Crippen molar-refractivity contribution in [1.29, 1.82) is 0 Å². The number of nitrogens with one attached hydrogen (secondary N) is 1. The van der Waals surface area contributed by atoms with Crippen molar-refractivity contribution in [2.45, 2.75) is 25.8 Å². The van der Waals surface area contributed by atoms with Crippen molar-refractivity contribution in [3.05, 3.63) is 35.1 Å². The van der Waals surface area contributed by atoms with Crippen molar-refractivity contribution >= 4 is 11.8 Å². The van der Waals surface area contributed by atoms with Gasteiger partial charge in [0, 0.05) is 30.8 Å². The minimum Gasteiger partial charge on any atom is -0.366 e. The maximum atomic E-state index is 13.6. The normalized spacial score (nSPS) is 15.0. The Balaban J connectivity index is 1.86. The highest BCUT2D eigenvalue weighted by molar-refractivity contribution is 5.92. The van der Waals surface area contributed by atoms with Gasteiger partial charge in [0.05, 0.1) is 6.54 Å². The predicted octanol–water partition coefficient (Wildman–Crippen LogP) is 1.03. The molecular formula is C15H20FN3O2. The van der Waals surface area contributed by atoms with Crippen molar-refractivity contribution in [2.24, 2.45) is 5.73 Å². The van der Waals surface area contributed by atoms with Gasteiger partial charge in [-0.3, -0.25) is 9.59 Å². The first-order chi connectivity index (χ1) is 10.1. The zero-order valence-corrected chi connectivity index (χ0v) is 11.9. The molecule has 0 aliphatic carbocycles. The van der Waals surface area contributed by atoms with Crippen LogP contribution >= 0.6 is 0 Å². The van der Waals surface area contributed by atoms with E-state index in [1.165, 1.54) is 24.6 Å². The fraction of sp³-hybridized carbons (Fsp3) is 0.467. The molecule has 6 heteroatoms. The molecule has 114 valence electrons. The minimum atomic E-state index is -0.597. The third-order valence-electron chi connectivity index (χ3n) is 3.63. The standard InChI is InChI=1S/C15H20FN3O2/c16-13-5-4-11(15(17)21)8-12(13)9-18-10-14(20)19-6-2-1-3-7-19/h4-5,8,18H,1-3,6-7,9-10H2,(H2,17,21). The summed E-state index contributed by atoms with van der Waals surface area (Å²) in [7, 11) is 0. The number of primary amides is 1. The third-order valence-corrected chi connectivity index (χ3v) is 3.63. The van der Waals surface area contributed by atoms with E-state index in [9.17, 15) is 14.0 Å². The summed E-state index contributed by atoms with van der Waals surface area (Å²) in [5.74, 6) is -0.986. The summed E-state index contributed by atoms with van der Waals surface area (Å²) in [5, 5.41) is 2.92. The Morgan fingerprint density at radius 3 is 2.62 bits per heavy atom. The molecule has 0 atom stereocenters. The molecular weight excluding hydrogens is 273 g/mol. The van der Waals surface area contributed by atoms with E-state index in [1.807, 2.05) is 4.90 Å². The van der Waals surface area contributed by atoms with Gasteiger partial charge in [0.25, 0.3) is 0 Å². The molecule has 0 unspecified atom stereocenters. The average molecular weight is 293 g/mol. The lowest BCUT2D eigenvalue weighted by molar-refractivity contribution is -0.131. The minimum absolute atomic E-state index is 0.0289. The van der Waals surface area contributed by atoms with Crippen LogP contribution in [0.3, 0.4) is 0 Å². The van der Waals surface area contributed by atoms with Crippen LogP contribution in [-0.4, -0.2) is 36.3 Å². The summed E-state index contributed by atoms with van der Waals surface area (Å²) in [5.41, 5.74) is 5.76. The number of hydrogen-bond acceptors (Lipinski definition) is 3. The molecule has 5 nitrogen and oxygen atoms in total. The zero-order chi connectivity index (χ0) is 15.2. The van der Waals surface area contributed by atoms with E-state index >= 15 is 0 Å². The van der Waals surface area contributed by atoms with Gasteiger partial charge in [-0.15, -0.1) is 0 Å². The van der Waals surface area contributed by atoms with E-state index < -0.39 is 11.7 Å². The second-order valence-electron chi connectivity index (χ2n) is 5.22. The molecule has 0 saturated carbocycles. The van der Waals surface area contributed by atoms with Crippen LogP contribution in [0.2, 0.25) is 0 Å². The number of amides is 2. The maximum Gasteiger partial charge on any atom is 0.248 e. The molecule has 0 spiro atoms. The molecule has 2 rings (SSSR count). The molecule has 1 aliphatic rings. The van der Waals surface area contributed by atoms with Gasteiger partial charge in [0.1, 0.15) is 5.82 Å². The summed E-state index contributed by atoms with van der Waals surface area (Å²) in [4.78, 5) is 24.8. The monoisotopic (exact) mass is 293 g/mol. The van der Waals surface area contributed by atoms with E-state index in [-0.39, 0.29) is 24.6 Å². The number of hydrogen-bond donors (Lipinski definition) is 2. The van der Waals surface area contributed by atoms with Gasteiger partial charge in [-0.25, -0.2) is 4.39 Å². The number of nitrogens with zero attached hydrogens (tertiary/aromatic N) is 1. The molecule has 0 radical (unpaired) electrons. The summed E-state index contributed by atoms with van der Waals surface area (Å²) < 4.78 is 13.6. The van der Waals surface area contributed by atoms with E-state index in [4.69, 9.17) is 5.73 Å². The first-order valence-corrected chi connectivity index (χ1v) is 7.14. The van der Waals surface area contributed by atoms with Crippen LogP contribution in [0.5, 0.6) is 0 Å². The zero-order valence-electron chi connectivity index (χ0n) is 11.9. The van der Waals surface area contributed by atoms with E-state index in [2.05, 4.69) is 5.32 Å². The number of benzene rings is 1. The lowest BCUT2D eigenvalue weighted by Crippen LogP contribution is -2.41. The highest BCUT2D eigenvalue weighted by atomic mass is 19.1. The average Bonchev–Trinajstić information content (AvgIpc) is 2.49. The van der Waals surface area contributed by atoms with E-state index in [1.54, 1.807) is 0 Å². The molecule has 1 aromatic carbocycles. The molecule has 1 fully saturated rings. The molecule has 1 saturated heterocycles. The van der Waals surface area contributed by atoms with Crippen LogP contribution in [-0.2, 0) is 11.3 Å². The number of piperidine rings is 1. The highest BCUT2D eigenvalue weighted by Gasteiger charge is 2.16. The van der Waals surface area contributed by atoms with Crippen molar-refractivity contribution in [3.8, 4) is 0 Å². The number of carbonyl (C=O) groups excluding carboxylic acids is 2. The summed E-state index contributed by atoms with van der Waals surface area (Å²) in [6, 6.07) is 3.97. The first-order valence-electron chi connectivity index (χ1n) is 7.14. The van der Waals surface area contributed by atoms with Crippen LogP contribution < -0.4 is 11.1 Å². The van der Waals surface area contributed by atoms with Crippen molar-refractivity contribution in [3.63, 3.8) is 0 Å². The predicted molar refractivity (Wildman–Crippen MR) is 77.1 cm³/mol. The largest absolute Gasteiger partial charge is 0.366 e. The van der Waals surface area contributed by atoms with Crippen molar-refractivity contribution in [2.75, 3.05) is 19.6 Å². The molecule has 0 aromatic heterocycles. The molecule has 21 heavy (non-hydrogen) atoms. The second kappa shape index (κ2) is 7.17. The van der Waals surface area contributed by atoms with E-state index in [0.717, 1.165) is 25.9 Å². The van der Waals surface area contributed by atoms with Crippen LogP contribution in [0.1, 0.15) is 35.2 Å². The molecule has 0 bridgehead atoms. The van der Waals surface area contributed by atoms with Crippen LogP contribution in [0.4, 0.5) is 4.39 Å². The lowest BCUT2D eigenvalue weighted by Gasteiger charge is -2.26. The molecule has 2 amide bonds. The van der Waals surface area contributed by atoms with Gasteiger partial charge in [0.2, 0.25) is 11.8 Å². The Morgan fingerprint density at radius 2 is 1.95 bits per heavy atom. The van der Waals surface area contributed by atoms with Gasteiger partial charge in [-0.2, -0.15) is 0 Å². The Morgan fingerprint density at radius 1 is 1.24 bits per heavy atom. The number of nitrogens with two attached hydrogens (primary N) is 1. The smallest absolute Gasteiger partial charge is 0.248 e. The quantitative estimate of drug-likeness (QED) is 0.851. The Bertz CT molecular complexity index is 528. The Hall–Kier alpha value is -1.95. The summed E-state index contributed by atoms with van der Waals surface area (Å²) in [6.45, 7) is 1.95. The van der Waals surface area contributed by atoms with Crippen LogP contribution in [0.15, 0.2) is 18.2 Å². The lowest BCUT2D eigenvalue weighted by atomic mass is 10.1. The van der Waals surface area contributed by atoms with Crippen molar-refractivity contribution < 1.29 is 14.0 Å². The molecule has 1 heterocycles. The highest BCUT2D eigenvalue weighted by Crippen LogP contribution is 2.11. The Kier molecular flexibility index (Phi) is 5.27. The van der Waals surface area contributed by atoms with E-state index in [0.29, 0.717) is 5.56 Å². The number of carbonyl (C=O) groups is 2.